The molecule has 17 heteroatoms. The first kappa shape index (κ1) is 52.2. The number of anilines is 1. The van der Waals surface area contributed by atoms with Crippen molar-refractivity contribution in [2.45, 2.75) is 124 Å². The number of aryl methyl sites for hydroxylation is 1. The maximum Gasteiger partial charge on any atom is 0.253 e. The molecule has 4 amide bonds. The number of pyridine rings is 1. The number of hydrogen-bond acceptors (Lipinski definition) is 12. The minimum Gasteiger partial charge on any atom is -0.489 e. The number of nitrogens with one attached hydrogen (secondary N) is 3. The van der Waals surface area contributed by atoms with Gasteiger partial charge in [-0.3, -0.25) is 24.1 Å². The molecule has 4 atom stereocenters. The number of carbonyl (C=O) groups excluding carboxylic acids is 4. The molecule has 4 N–H and O–H groups in total. The fraction of sp³-hybridized carbons (Fsp3) is 0.528. The van der Waals surface area contributed by atoms with Crippen LogP contribution in [0, 0.1) is 34.5 Å². The van der Waals surface area contributed by atoms with Crippen LogP contribution in [0.25, 0.3) is 10.4 Å². The summed E-state index contributed by atoms with van der Waals surface area (Å²) in [5.74, 6) is 0.238. The fourth-order valence-electron chi connectivity index (χ4n) is 10.6. The summed E-state index contributed by atoms with van der Waals surface area (Å²) in [7, 11) is 0. The van der Waals surface area contributed by atoms with Crippen LogP contribution in [-0.4, -0.2) is 118 Å². The predicted molar refractivity (Wildman–Crippen MR) is 272 cm³/mol. The van der Waals surface area contributed by atoms with E-state index >= 15 is 0 Å². The van der Waals surface area contributed by atoms with E-state index in [2.05, 4.69) is 69.5 Å². The molecule has 4 heterocycles. The maximum absolute atomic E-state index is 14.2. The SMILES string of the molecule is Cc1ncsc1-c1ccc([C@H](C)NC(=O)[C@@H]2C[C@@H](O)CN2C(=O)[C@@H](NC(=O)CCCCN2CCN(c3ccc(C(=O)N[C@H]4C(C)(C)[C@H](Oc5ccc(C#N)c(Cl)c5)C4(C)C)cn3)CC2)C(C)(C)C)cc1. The van der Waals surface area contributed by atoms with Crippen LogP contribution >= 0.6 is 22.9 Å². The number of benzene rings is 2. The number of rotatable bonds is 16. The van der Waals surface area contributed by atoms with E-state index in [4.69, 9.17) is 16.3 Å². The van der Waals surface area contributed by atoms with Crippen LogP contribution in [0.3, 0.4) is 0 Å². The second kappa shape index (κ2) is 21.4. The van der Waals surface area contributed by atoms with Crippen LogP contribution in [0.1, 0.15) is 114 Å². The Hall–Kier alpha value is -5.60. The number of likely N-dealkylation sites (tertiary alicyclic amines) is 1. The highest BCUT2D eigenvalue weighted by molar-refractivity contribution is 7.13. The van der Waals surface area contributed by atoms with Crippen LogP contribution in [-0.2, 0) is 14.4 Å². The number of carbonyl (C=O) groups is 4. The molecule has 0 radical (unpaired) electrons. The second-order valence-electron chi connectivity index (χ2n) is 21.4. The number of hydrogen-bond donors (Lipinski definition) is 4. The highest BCUT2D eigenvalue weighted by Crippen LogP contribution is 2.55. The predicted octanol–water partition coefficient (Wildman–Crippen LogP) is 7.31. The Morgan fingerprint density at radius 3 is 2.27 bits per heavy atom. The standard InChI is InChI=1S/C53H68ClN9O6S/c1-32(34-13-15-35(16-14-34)44-33(2)57-31-70-44)58-47(67)41-26-38(64)30-63(41)48(68)45(51(3,4)5)59-43(65)12-10-11-21-61-22-24-62(25-23-61)42-20-18-37(29-56-42)46(66)60-49-52(6,7)50(53(49,8)9)69-39-19-17-36(28-55)40(54)27-39/h13-20,27,29,31-32,38,41,45,49-50,64H,10-12,21-26,30H2,1-9H3,(H,58,67)(H,59,65)(H,60,66)/t32-,38+,41-,45+,49-,50-/m0/s1. The van der Waals surface area contributed by atoms with Crippen LogP contribution in [0.4, 0.5) is 5.82 Å². The van der Waals surface area contributed by atoms with E-state index < -0.39 is 34.4 Å². The molecule has 7 rings (SSSR count). The summed E-state index contributed by atoms with van der Waals surface area (Å²) in [4.78, 5) is 70.9. The molecule has 2 aromatic carbocycles. The number of piperazine rings is 1. The number of halogens is 1. The summed E-state index contributed by atoms with van der Waals surface area (Å²) < 4.78 is 6.38. The van der Waals surface area contributed by atoms with Crippen LogP contribution in [0.15, 0.2) is 66.3 Å². The second-order valence-corrected chi connectivity index (χ2v) is 22.6. The molecule has 0 bridgehead atoms. The van der Waals surface area contributed by atoms with Gasteiger partial charge in [0.05, 0.1) is 44.4 Å². The first-order chi connectivity index (χ1) is 33.1. The number of β-amino-alcohol motifs (C(OH)–C–C–N with tert-alkyl or cyclic N) is 1. The summed E-state index contributed by atoms with van der Waals surface area (Å²) in [5.41, 5.74) is 4.19. The summed E-state index contributed by atoms with van der Waals surface area (Å²) in [6.07, 6.45) is 2.39. The first-order valence-electron chi connectivity index (χ1n) is 24.3. The monoisotopic (exact) mass is 993 g/mol. The van der Waals surface area contributed by atoms with Gasteiger partial charge in [-0.2, -0.15) is 5.26 Å². The van der Waals surface area contributed by atoms with Crippen molar-refractivity contribution in [1.82, 2.24) is 35.7 Å². The summed E-state index contributed by atoms with van der Waals surface area (Å²) in [6, 6.07) is 16.5. The molecule has 3 aliphatic rings. The van der Waals surface area contributed by atoms with Gasteiger partial charge in [-0.15, -0.1) is 11.3 Å². The molecule has 4 aromatic rings. The average Bonchev–Trinajstić information content (AvgIpc) is 3.95. The van der Waals surface area contributed by atoms with E-state index in [0.29, 0.717) is 28.3 Å². The third-order valence-electron chi connectivity index (χ3n) is 14.3. The van der Waals surface area contributed by atoms with E-state index in [1.54, 1.807) is 35.7 Å². The third-order valence-corrected chi connectivity index (χ3v) is 15.6. The molecule has 1 aliphatic carbocycles. The summed E-state index contributed by atoms with van der Waals surface area (Å²) in [5, 5.41) is 29.5. The van der Waals surface area contributed by atoms with Gasteiger partial charge in [0.2, 0.25) is 17.7 Å². The Labute approximate surface area is 421 Å². The van der Waals surface area contributed by atoms with Gasteiger partial charge in [-0.25, -0.2) is 9.97 Å². The lowest BCUT2D eigenvalue weighted by Gasteiger charge is -2.63. The molecule has 2 aliphatic heterocycles. The number of aromatic nitrogens is 2. The molecule has 2 aromatic heterocycles. The molecule has 0 unspecified atom stereocenters. The Bertz CT molecular complexity index is 2550. The number of thiazole rings is 1. The third kappa shape index (κ3) is 11.6. The largest absolute Gasteiger partial charge is 0.489 e. The molecule has 1 saturated carbocycles. The number of amides is 4. The lowest BCUT2D eigenvalue weighted by Crippen LogP contribution is -2.74. The Morgan fingerprint density at radius 2 is 1.67 bits per heavy atom. The zero-order valence-corrected chi connectivity index (χ0v) is 43.4. The number of aliphatic hydroxyl groups excluding tert-OH is 1. The number of nitriles is 1. The topological polar surface area (TPSA) is 193 Å². The van der Waals surface area contributed by atoms with E-state index in [1.807, 2.05) is 76.5 Å². The minimum atomic E-state index is -0.886. The van der Waals surface area contributed by atoms with Gasteiger partial charge in [0.15, 0.2) is 0 Å². The van der Waals surface area contributed by atoms with Gasteiger partial charge in [0, 0.05) is 74.7 Å². The van der Waals surface area contributed by atoms with E-state index in [-0.39, 0.29) is 61.2 Å². The van der Waals surface area contributed by atoms with E-state index in [1.165, 1.54) is 4.90 Å². The molecule has 0 spiro atoms. The lowest BCUT2D eigenvalue weighted by molar-refractivity contribution is -0.164. The minimum absolute atomic E-state index is 0.0123. The Kier molecular flexibility index (Phi) is 16.0. The van der Waals surface area contributed by atoms with Crippen molar-refractivity contribution >= 4 is 52.4 Å². The van der Waals surface area contributed by atoms with Crippen molar-refractivity contribution in [3.8, 4) is 22.3 Å². The van der Waals surface area contributed by atoms with Gasteiger partial charge >= 0.3 is 0 Å². The summed E-state index contributed by atoms with van der Waals surface area (Å²) >= 11 is 7.84. The molecular formula is C53H68ClN9O6S. The number of unbranched alkanes of at least 4 members (excludes halogenated alkanes) is 1. The molecule has 374 valence electrons. The van der Waals surface area contributed by atoms with Gasteiger partial charge in [0.1, 0.15) is 35.8 Å². The number of nitrogens with zero attached hydrogens (tertiary/aromatic N) is 6. The molecule has 15 nitrogen and oxygen atoms in total. The van der Waals surface area contributed by atoms with Crippen molar-refractivity contribution in [3.05, 3.63) is 93.7 Å². The zero-order valence-electron chi connectivity index (χ0n) is 41.8. The average molecular weight is 995 g/mol. The van der Waals surface area contributed by atoms with Crippen molar-refractivity contribution < 1.29 is 29.0 Å². The summed E-state index contributed by atoms with van der Waals surface area (Å²) in [6.45, 7) is 21.9. The number of ether oxygens (including phenoxy) is 1. The Morgan fingerprint density at radius 1 is 0.971 bits per heavy atom. The first-order valence-corrected chi connectivity index (χ1v) is 25.5. The van der Waals surface area contributed by atoms with Crippen molar-refractivity contribution in [1.29, 1.82) is 5.26 Å². The fourth-order valence-corrected chi connectivity index (χ4v) is 11.6. The van der Waals surface area contributed by atoms with Crippen molar-refractivity contribution in [3.63, 3.8) is 0 Å². The number of aliphatic hydroxyl groups is 1. The molecule has 70 heavy (non-hydrogen) atoms. The quantitative estimate of drug-likeness (QED) is 0.0823. The van der Waals surface area contributed by atoms with Gasteiger partial charge in [0.25, 0.3) is 5.91 Å². The lowest BCUT2D eigenvalue weighted by atomic mass is 9.49. The molecular weight excluding hydrogens is 926 g/mol. The van der Waals surface area contributed by atoms with Crippen molar-refractivity contribution in [2.24, 2.45) is 16.2 Å². The van der Waals surface area contributed by atoms with Gasteiger partial charge < -0.3 is 35.6 Å². The van der Waals surface area contributed by atoms with E-state index in [0.717, 1.165) is 66.7 Å². The molecule has 3 fully saturated rings. The van der Waals surface area contributed by atoms with Gasteiger partial charge in [-0.05, 0) is 74.0 Å². The van der Waals surface area contributed by atoms with Gasteiger partial charge in [-0.1, -0.05) is 84.3 Å². The highest BCUT2D eigenvalue weighted by Gasteiger charge is 2.64. The molecule has 2 saturated heterocycles. The van der Waals surface area contributed by atoms with Crippen LogP contribution in [0.2, 0.25) is 5.02 Å². The normalized spacial score (nSPS) is 21.7. The zero-order chi connectivity index (χ0) is 50.7. The smallest absolute Gasteiger partial charge is 0.253 e. The van der Waals surface area contributed by atoms with Crippen LogP contribution in [0.5, 0.6) is 5.75 Å². The maximum atomic E-state index is 14.2. The van der Waals surface area contributed by atoms with Crippen molar-refractivity contribution in [2.75, 3.05) is 44.2 Å². The Balaban J connectivity index is 0.831. The van der Waals surface area contributed by atoms with Crippen LogP contribution < -0.4 is 25.6 Å². The highest BCUT2D eigenvalue weighted by atomic mass is 35.5. The van der Waals surface area contributed by atoms with E-state index in [9.17, 15) is 29.5 Å².